The third-order valence-corrected chi connectivity index (χ3v) is 4.34. The van der Waals surface area contributed by atoms with Gasteiger partial charge >= 0.3 is 5.97 Å². The molecule has 2 aromatic rings. The third kappa shape index (κ3) is 3.28. The van der Waals surface area contributed by atoms with E-state index in [-0.39, 0.29) is 18.0 Å². The van der Waals surface area contributed by atoms with Gasteiger partial charge < -0.3 is 14.4 Å². The first-order valence-corrected chi connectivity index (χ1v) is 7.67. The molecule has 3 rings (SSSR count). The predicted octanol–water partition coefficient (Wildman–Crippen LogP) is 1.21. The molecule has 0 unspecified atom stereocenters. The normalized spacial score (nSPS) is 19.1. The van der Waals surface area contributed by atoms with E-state index in [1.165, 1.54) is 0 Å². The van der Waals surface area contributed by atoms with Gasteiger partial charge in [0.25, 0.3) is 5.56 Å². The minimum absolute atomic E-state index is 0.0217. The number of nitrogens with zero attached hydrogens (tertiary/aromatic N) is 2. The van der Waals surface area contributed by atoms with Crippen LogP contribution in [0.1, 0.15) is 12.0 Å². The molecule has 1 N–H and O–H groups in total. The Kier molecular flexibility index (Phi) is 4.45. The number of aryl methyl sites for hydroxylation is 1. The number of hydrogen-bond acceptors (Lipinski definition) is 4. The van der Waals surface area contributed by atoms with Crippen molar-refractivity contribution >= 4 is 16.9 Å². The number of carboxylic acids is 1. The third-order valence-electron chi connectivity index (χ3n) is 4.34. The highest BCUT2D eigenvalue weighted by molar-refractivity contribution is 5.79. The Balaban J connectivity index is 1.92. The van der Waals surface area contributed by atoms with Crippen LogP contribution in [0.3, 0.4) is 0 Å². The molecule has 0 amide bonds. The largest absolute Gasteiger partial charge is 0.481 e. The van der Waals surface area contributed by atoms with Crippen molar-refractivity contribution in [2.45, 2.75) is 19.0 Å². The van der Waals surface area contributed by atoms with Crippen LogP contribution in [-0.2, 0) is 23.1 Å². The molecule has 23 heavy (non-hydrogen) atoms. The molecule has 1 aromatic heterocycles. The Morgan fingerprint density at radius 2 is 2.17 bits per heavy atom. The van der Waals surface area contributed by atoms with E-state index in [9.17, 15) is 9.59 Å². The van der Waals surface area contributed by atoms with Crippen molar-refractivity contribution in [2.24, 2.45) is 7.05 Å². The van der Waals surface area contributed by atoms with E-state index in [4.69, 9.17) is 9.84 Å². The van der Waals surface area contributed by atoms with E-state index in [0.717, 1.165) is 10.9 Å². The fourth-order valence-electron chi connectivity index (χ4n) is 3.11. The summed E-state index contributed by atoms with van der Waals surface area (Å²) < 4.78 is 7.04. The quantitative estimate of drug-likeness (QED) is 0.918. The van der Waals surface area contributed by atoms with E-state index in [0.29, 0.717) is 31.9 Å². The van der Waals surface area contributed by atoms with Crippen LogP contribution in [0.2, 0.25) is 0 Å². The second-order valence-electron chi connectivity index (χ2n) is 5.89. The summed E-state index contributed by atoms with van der Waals surface area (Å²) in [7, 11) is 1.77. The van der Waals surface area contributed by atoms with Crippen LogP contribution < -0.4 is 5.56 Å². The number of fused-ring (bicyclic) bond motifs is 1. The van der Waals surface area contributed by atoms with Gasteiger partial charge in [0, 0.05) is 31.7 Å². The lowest BCUT2D eigenvalue weighted by Gasteiger charge is -2.34. The van der Waals surface area contributed by atoms with Crippen LogP contribution in [-0.4, -0.2) is 46.3 Å². The first-order valence-electron chi connectivity index (χ1n) is 7.67. The highest BCUT2D eigenvalue weighted by Gasteiger charge is 2.26. The molecule has 1 atom stereocenters. The number of carbonyl (C=O) groups is 1. The number of pyridine rings is 1. The summed E-state index contributed by atoms with van der Waals surface area (Å²) in [5, 5.41) is 10.0. The summed E-state index contributed by atoms with van der Waals surface area (Å²) in [5.74, 6) is -0.850. The van der Waals surface area contributed by atoms with Gasteiger partial charge in [-0.15, -0.1) is 0 Å². The topological polar surface area (TPSA) is 71.8 Å². The van der Waals surface area contributed by atoms with Gasteiger partial charge in [-0.1, -0.05) is 18.2 Å². The van der Waals surface area contributed by atoms with Crippen molar-refractivity contribution in [1.82, 2.24) is 9.47 Å². The lowest BCUT2D eigenvalue weighted by Crippen LogP contribution is -2.46. The smallest absolute Gasteiger partial charge is 0.305 e. The van der Waals surface area contributed by atoms with Crippen LogP contribution in [0.4, 0.5) is 0 Å². The molecule has 1 aliphatic heterocycles. The summed E-state index contributed by atoms with van der Waals surface area (Å²) in [6.45, 7) is 2.02. The van der Waals surface area contributed by atoms with Crippen molar-refractivity contribution in [3.63, 3.8) is 0 Å². The SMILES string of the molecule is Cn1c(=O)c(CN2CCOC[C@@H]2CC(=O)O)cc2ccccc21. The number of hydrogen-bond donors (Lipinski definition) is 1. The van der Waals surface area contributed by atoms with Crippen molar-refractivity contribution in [2.75, 3.05) is 19.8 Å². The monoisotopic (exact) mass is 316 g/mol. The summed E-state index contributed by atoms with van der Waals surface area (Å²) in [4.78, 5) is 25.6. The zero-order valence-corrected chi connectivity index (χ0v) is 13.1. The van der Waals surface area contributed by atoms with Gasteiger partial charge in [0.1, 0.15) is 0 Å². The minimum Gasteiger partial charge on any atom is -0.481 e. The van der Waals surface area contributed by atoms with Crippen LogP contribution in [0, 0.1) is 0 Å². The Bertz CT molecular complexity index is 784. The fourth-order valence-corrected chi connectivity index (χ4v) is 3.11. The highest BCUT2D eigenvalue weighted by Crippen LogP contribution is 2.17. The number of rotatable bonds is 4. The number of aliphatic carboxylic acids is 1. The number of benzene rings is 1. The van der Waals surface area contributed by atoms with Crippen LogP contribution >= 0.6 is 0 Å². The van der Waals surface area contributed by atoms with Crippen molar-refractivity contribution in [1.29, 1.82) is 0 Å². The number of para-hydroxylation sites is 1. The maximum Gasteiger partial charge on any atom is 0.305 e. The summed E-state index contributed by atoms with van der Waals surface area (Å²) >= 11 is 0. The molecule has 1 saturated heterocycles. The number of morpholine rings is 1. The maximum atomic E-state index is 12.6. The average Bonchev–Trinajstić information content (AvgIpc) is 2.54. The van der Waals surface area contributed by atoms with Gasteiger partial charge in [0.2, 0.25) is 0 Å². The molecular formula is C17H20N2O4. The van der Waals surface area contributed by atoms with Gasteiger partial charge in [-0.3, -0.25) is 14.5 Å². The summed E-state index contributed by atoms with van der Waals surface area (Å²) in [6, 6.07) is 9.46. The molecule has 2 heterocycles. The molecule has 1 fully saturated rings. The molecule has 1 aromatic carbocycles. The van der Waals surface area contributed by atoms with E-state index in [2.05, 4.69) is 0 Å². The first kappa shape index (κ1) is 15.7. The van der Waals surface area contributed by atoms with Crippen LogP contribution in [0.25, 0.3) is 10.9 Å². The second-order valence-corrected chi connectivity index (χ2v) is 5.89. The Labute approximate surface area is 133 Å². The zero-order chi connectivity index (χ0) is 16.4. The molecule has 1 aliphatic rings. The maximum absolute atomic E-state index is 12.6. The lowest BCUT2D eigenvalue weighted by molar-refractivity contribution is -0.140. The standard InChI is InChI=1S/C17H20N2O4/c1-18-15-5-3-2-4-12(15)8-13(17(18)22)10-19-6-7-23-11-14(19)9-16(20)21/h2-5,8,14H,6-7,9-11H2,1H3,(H,20,21)/t14-/m0/s1. The van der Waals surface area contributed by atoms with E-state index in [1.54, 1.807) is 11.6 Å². The van der Waals surface area contributed by atoms with Crippen molar-refractivity contribution in [3.8, 4) is 0 Å². The van der Waals surface area contributed by atoms with Gasteiger partial charge in [0.05, 0.1) is 25.2 Å². The summed E-state index contributed by atoms with van der Waals surface area (Å²) in [5.41, 5.74) is 1.54. The lowest BCUT2D eigenvalue weighted by atomic mass is 10.1. The average molecular weight is 316 g/mol. The predicted molar refractivity (Wildman–Crippen MR) is 86.5 cm³/mol. The fraction of sp³-hybridized carbons (Fsp3) is 0.412. The first-order chi connectivity index (χ1) is 11.1. The molecule has 0 spiro atoms. The minimum atomic E-state index is -0.850. The summed E-state index contributed by atoms with van der Waals surface area (Å²) in [6.07, 6.45) is 0.0217. The van der Waals surface area contributed by atoms with Crippen LogP contribution in [0.5, 0.6) is 0 Å². The molecule has 6 heteroatoms. The highest BCUT2D eigenvalue weighted by atomic mass is 16.5. The van der Waals surface area contributed by atoms with E-state index in [1.807, 2.05) is 35.2 Å². The zero-order valence-electron chi connectivity index (χ0n) is 13.1. The number of carboxylic acid groups (broad SMARTS) is 1. The Morgan fingerprint density at radius 3 is 2.96 bits per heavy atom. The molecule has 0 aliphatic carbocycles. The van der Waals surface area contributed by atoms with Gasteiger partial charge in [-0.05, 0) is 17.5 Å². The van der Waals surface area contributed by atoms with E-state index >= 15 is 0 Å². The molecular weight excluding hydrogens is 296 g/mol. The molecule has 122 valence electrons. The van der Waals surface area contributed by atoms with Gasteiger partial charge in [-0.25, -0.2) is 0 Å². The van der Waals surface area contributed by atoms with Crippen molar-refractivity contribution in [3.05, 3.63) is 46.2 Å². The molecule has 0 bridgehead atoms. The van der Waals surface area contributed by atoms with Crippen LogP contribution in [0.15, 0.2) is 35.1 Å². The second kappa shape index (κ2) is 6.52. The number of ether oxygens (including phenoxy) is 1. The van der Waals surface area contributed by atoms with Gasteiger partial charge in [-0.2, -0.15) is 0 Å². The van der Waals surface area contributed by atoms with Crippen molar-refractivity contribution < 1.29 is 14.6 Å². The molecule has 0 radical (unpaired) electrons. The number of aromatic nitrogens is 1. The Hall–Kier alpha value is -2.18. The molecule has 0 saturated carbocycles. The Morgan fingerprint density at radius 1 is 1.39 bits per heavy atom. The molecule has 6 nitrogen and oxygen atoms in total. The van der Waals surface area contributed by atoms with Gasteiger partial charge in [0.15, 0.2) is 0 Å². The van der Waals surface area contributed by atoms with E-state index < -0.39 is 5.97 Å².